The number of imide groups is 1. The smallest absolute Gasteiger partial charge is 0.326 e. The van der Waals surface area contributed by atoms with E-state index in [0.717, 1.165) is 54.4 Å². The number of hydrogen-bond acceptors (Lipinski definition) is 14. The van der Waals surface area contributed by atoms with Crippen molar-refractivity contribution in [1.82, 2.24) is 25.8 Å². The maximum Gasteiger partial charge on any atom is 0.326 e. The molecule has 20 nitrogen and oxygen atoms in total. The monoisotopic (exact) mass is 1130 g/mol. The number of aryl methyl sites for hydroxylation is 2. The van der Waals surface area contributed by atoms with Crippen LogP contribution in [0.1, 0.15) is 102 Å². The summed E-state index contributed by atoms with van der Waals surface area (Å²) in [5.41, 5.74) is 5.73. The van der Waals surface area contributed by atoms with Crippen LogP contribution in [0.4, 0.5) is 0 Å². The Morgan fingerprint density at radius 3 is 1.89 bits per heavy atom. The number of carbonyl (C=O) groups excluding carboxylic acids is 6. The van der Waals surface area contributed by atoms with Crippen molar-refractivity contribution in [2.45, 2.75) is 95.8 Å². The lowest BCUT2D eigenvalue weighted by molar-refractivity contribution is -0.152. The van der Waals surface area contributed by atoms with Crippen molar-refractivity contribution < 1.29 is 71.8 Å². The molecule has 0 saturated carbocycles. The predicted octanol–water partition coefficient (Wildman–Crippen LogP) is 7.17. The van der Waals surface area contributed by atoms with Crippen molar-refractivity contribution in [3.63, 3.8) is 0 Å². The molecule has 0 radical (unpaired) electrons. The zero-order chi connectivity index (χ0) is 58.9. The van der Waals surface area contributed by atoms with Gasteiger partial charge in [-0.15, -0.1) is 0 Å². The molecule has 2 saturated heterocycles. The van der Waals surface area contributed by atoms with E-state index < -0.39 is 35.8 Å². The molecule has 3 heterocycles. The number of nitrogens with zero attached hydrogens (tertiary/aromatic N) is 2. The van der Waals surface area contributed by atoms with Gasteiger partial charge in [0.2, 0.25) is 23.5 Å². The zero-order valence-electron chi connectivity index (χ0n) is 47.1. The topological polar surface area (TPSA) is 247 Å². The molecule has 3 aliphatic rings. The highest BCUT2D eigenvalue weighted by molar-refractivity contribution is 6.13. The van der Waals surface area contributed by atoms with E-state index in [1.54, 1.807) is 44.6 Å². The van der Waals surface area contributed by atoms with E-state index >= 15 is 0 Å². The fourth-order valence-corrected chi connectivity index (χ4v) is 10.2. The van der Waals surface area contributed by atoms with Crippen LogP contribution in [-0.2, 0) is 54.7 Å². The minimum Gasteiger partial charge on any atom is -0.493 e. The highest BCUT2D eigenvalue weighted by atomic mass is 16.5. The summed E-state index contributed by atoms with van der Waals surface area (Å²) in [4.78, 5) is 90.0. The van der Waals surface area contributed by atoms with E-state index in [1.807, 2.05) is 73.7 Å². The minimum atomic E-state index is -0.946. The second-order valence-corrected chi connectivity index (χ2v) is 19.7. The highest BCUT2D eigenvalue weighted by Gasteiger charge is 2.43. The number of likely N-dealkylation sites (tertiary alicyclic amines) is 1. The fraction of sp³-hybridized carbons (Fsp3) is 0.371. The lowest BCUT2D eigenvalue weighted by atomic mass is 9.91. The van der Waals surface area contributed by atoms with Crippen LogP contribution < -0.4 is 49.1 Å². The molecule has 434 valence electrons. The van der Waals surface area contributed by atoms with Gasteiger partial charge in [-0.1, -0.05) is 62.0 Å². The van der Waals surface area contributed by atoms with Gasteiger partial charge in [0, 0.05) is 31.8 Å². The molecule has 0 spiro atoms. The number of fused-ring (bicyclic) bond motifs is 1. The Hall–Kier alpha value is -9.07. The standard InChI is InChI=1S/C43H44N4O9.C19H27NO6/c1-27-41-33(43(52)47(27)34-18-20-38(48)46-42(34)51)11-6-12-36(41)56-26-40(50)45-24-31-15-13-30(14-16-31)23-44-39(49)25-55-32-10-5-9-28(21-32)7-4-8-29-17-19-35(53-2)37(22-29)54-3;1-5-13(18(21)20-9-7-6-8-14(20)19(22)23)12-10-15(24-2)17(26-4)16(11-12)25-3/h5-6,9-17,19,21-22,34H,1,4,7-8,18,20,23-26H2,2-3H3,(H,44,49)(H,45,50)(H,46,48,51);10-11,13-14H,5-9H2,1-4H3,(H,22,23)/t;13-,14?/m.0/s1. The number of carboxylic acid groups (broad SMARTS) is 1. The zero-order valence-corrected chi connectivity index (χ0v) is 47.1. The van der Waals surface area contributed by atoms with E-state index in [-0.39, 0.29) is 67.7 Å². The van der Waals surface area contributed by atoms with Crippen molar-refractivity contribution in [2.24, 2.45) is 0 Å². The van der Waals surface area contributed by atoms with Gasteiger partial charge in [0.25, 0.3) is 17.7 Å². The molecule has 2 fully saturated rings. The number of aliphatic carboxylic acids is 1. The van der Waals surface area contributed by atoms with E-state index in [4.69, 9.17) is 33.2 Å². The number of ether oxygens (including phenoxy) is 7. The van der Waals surface area contributed by atoms with Gasteiger partial charge in [0.1, 0.15) is 23.6 Å². The van der Waals surface area contributed by atoms with Gasteiger partial charge in [-0.05, 0) is 128 Å². The van der Waals surface area contributed by atoms with Gasteiger partial charge >= 0.3 is 5.97 Å². The summed E-state index contributed by atoms with van der Waals surface area (Å²) in [6.45, 7) is 6.54. The van der Waals surface area contributed by atoms with Crippen LogP contribution in [0.15, 0.2) is 104 Å². The average Bonchev–Trinajstić information content (AvgIpc) is 3.77. The number of piperidine rings is 2. The van der Waals surface area contributed by atoms with Gasteiger partial charge in [-0.2, -0.15) is 0 Å². The molecule has 82 heavy (non-hydrogen) atoms. The number of amides is 6. The molecule has 0 aliphatic carbocycles. The molecule has 3 aliphatic heterocycles. The lowest BCUT2D eigenvalue weighted by Gasteiger charge is -2.35. The van der Waals surface area contributed by atoms with E-state index in [1.165, 1.54) is 36.7 Å². The Morgan fingerprint density at radius 2 is 1.29 bits per heavy atom. The summed E-state index contributed by atoms with van der Waals surface area (Å²) >= 11 is 0. The molecule has 0 bridgehead atoms. The van der Waals surface area contributed by atoms with Crippen LogP contribution in [0.5, 0.6) is 40.2 Å². The third-order valence-corrected chi connectivity index (χ3v) is 14.5. The summed E-state index contributed by atoms with van der Waals surface area (Å²) < 4.78 is 38.4. The van der Waals surface area contributed by atoms with Gasteiger partial charge in [0.15, 0.2) is 36.2 Å². The maximum absolute atomic E-state index is 13.2. The third kappa shape index (κ3) is 15.0. The van der Waals surface area contributed by atoms with Crippen LogP contribution in [0.2, 0.25) is 0 Å². The van der Waals surface area contributed by atoms with Crippen molar-refractivity contribution in [3.05, 3.63) is 143 Å². The number of rotatable bonds is 24. The highest BCUT2D eigenvalue weighted by Crippen LogP contribution is 2.42. The van der Waals surface area contributed by atoms with E-state index in [0.29, 0.717) is 71.6 Å². The molecule has 2 unspecified atom stereocenters. The molecule has 0 aromatic heterocycles. The fourth-order valence-electron chi connectivity index (χ4n) is 10.2. The Morgan fingerprint density at radius 1 is 0.683 bits per heavy atom. The second-order valence-electron chi connectivity index (χ2n) is 19.7. The third-order valence-electron chi connectivity index (χ3n) is 14.5. The van der Waals surface area contributed by atoms with Crippen LogP contribution in [-0.4, -0.2) is 124 Å². The molecular weight excluding hydrogens is 1050 g/mol. The average molecular weight is 1130 g/mol. The normalized spacial score (nSPS) is 15.9. The Bertz CT molecular complexity index is 3120. The van der Waals surface area contributed by atoms with Gasteiger partial charge in [-0.3, -0.25) is 39.0 Å². The number of nitrogens with one attached hydrogen (secondary N) is 3. The first-order valence-corrected chi connectivity index (χ1v) is 27.1. The molecule has 4 N–H and O–H groups in total. The Labute approximate surface area is 477 Å². The molecule has 5 aromatic carbocycles. The van der Waals surface area contributed by atoms with Crippen LogP contribution >= 0.6 is 0 Å². The molecule has 8 rings (SSSR count). The number of benzene rings is 5. The van der Waals surface area contributed by atoms with Crippen LogP contribution in [0, 0.1) is 0 Å². The summed E-state index contributed by atoms with van der Waals surface area (Å²) in [6, 6.07) is 27.9. The Kier molecular flexibility index (Phi) is 21.3. The summed E-state index contributed by atoms with van der Waals surface area (Å²) in [7, 11) is 7.81. The Balaban J connectivity index is 0.000000311. The predicted molar refractivity (Wildman–Crippen MR) is 303 cm³/mol. The van der Waals surface area contributed by atoms with Crippen LogP contribution in [0.25, 0.3) is 5.70 Å². The number of carbonyl (C=O) groups is 7. The number of carboxylic acids is 1. The molecule has 6 amide bonds. The number of hydrogen-bond donors (Lipinski definition) is 4. The molecule has 3 atom stereocenters. The van der Waals surface area contributed by atoms with Crippen molar-refractivity contribution in [1.29, 1.82) is 0 Å². The summed E-state index contributed by atoms with van der Waals surface area (Å²) in [5.74, 6) is 0.178. The van der Waals surface area contributed by atoms with Crippen molar-refractivity contribution in [3.8, 4) is 40.2 Å². The van der Waals surface area contributed by atoms with Gasteiger partial charge in [-0.25, -0.2) is 4.79 Å². The number of methoxy groups -OCH3 is 5. The maximum atomic E-state index is 13.2. The first kappa shape index (κ1) is 60.6. The first-order chi connectivity index (χ1) is 39.6. The van der Waals surface area contributed by atoms with Crippen LogP contribution in [0.3, 0.4) is 0 Å². The van der Waals surface area contributed by atoms with E-state index in [9.17, 15) is 38.7 Å². The van der Waals surface area contributed by atoms with Crippen molar-refractivity contribution >= 4 is 47.1 Å². The second kappa shape index (κ2) is 28.9. The van der Waals surface area contributed by atoms with E-state index in [2.05, 4.69) is 22.5 Å². The lowest BCUT2D eigenvalue weighted by Crippen LogP contribution is -2.52. The van der Waals surface area contributed by atoms with Gasteiger partial charge < -0.3 is 53.8 Å². The quantitative estimate of drug-likeness (QED) is 0.0447. The van der Waals surface area contributed by atoms with Crippen molar-refractivity contribution in [2.75, 3.05) is 55.3 Å². The SMILES string of the molecule is C=C1c2c(OCC(=O)NCc3ccc(CNC(=O)COc4cccc(CCCc5ccc(OC)c(OC)c5)c4)cc3)cccc2C(=O)N1C1CCC(=O)NC1=O.CC[C@H](C(=O)N1CCCCC1C(=O)O)c1cc(OC)c(OC)c(OC)c1. The molecule has 20 heteroatoms. The summed E-state index contributed by atoms with van der Waals surface area (Å²) in [5, 5.41) is 17.4. The molecular formula is C62H71N5O15. The first-order valence-electron chi connectivity index (χ1n) is 27.1. The minimum absolute atomic E-state index is 0.115. The largest absolute Gasteiger partial charge is 0.493 e. The van der Waals surface area contributed by atoms with Gasteiger partial charge in [0.05, 0.1) is 52.6 Å². The molecule has 5 aromatic rings. The summed E-state index contributed by atoms with van der Waals surface area (Å²) in [6.07, 6.45) is 5.66.